The first-order valence-electron chi connectivity index (χ1n) is 16.0. The van der Waals surface area contributed by atoms with Gasteiger partial charge in [-0.05, 0) is 102 Å². The number of anilines is 1. The van der Waals surface area contributed by atoms with Crippen molar-refractivity contribution in [3.05, 3.63) is 36.5 Å². The highest BCUT2D eigenvalue weighted by Gasteiger charge is 2.47. The van der Waals surface area contributed by atoms with Crippen LogP contribution in [0.25, 0.3) is 10.9 Å². The molecule has 1 saturated heterocycles. The van der Waals surface area contributed by atoms with Crippen molar-refractivity contribution in [1.29, 1.82) is 0 Å². The Morgan fingerprint density at radius 3 is 2.43 bits per heavy atom. The van der Waals surface area contributed by atoms with E-state index in [0.29, 0.717) is 18.4 Å². The number of nitrogens with one attached hydrogen (secondary N) is 2. The van der Waals surface area contributed by atoms with Gasteiger partial charge >= 0.3 is 6.09 Å². The van der Waals surface area contributed by atoms with E-state index in [4.69, 9.17) is 4.74 Å². The van der Waals surface area contributed by atoms with Gasteiger partial charge in [0.25, 0.3) is 0 Å². The number of alkyl carbamates (subject to hydrolysis) is 1. The molecule has 2 aromatic rings. The van der Waals surface area contributed by atoms with Crippen LogP contribution in [0.15, 0.2) is 36.5 Å². The summed E-state index contributed by atoms with van der Waals surface area (Å²) in [6, 6.07) is 9.23. The number of likely N-dealkylation sites (tertiary alicyclic amines) is 1. The number of carbonyl (C=O) groups is 3. The third-order valence-corrected chi connectivity index (χ3v) is 9.69. The summed E-state index contributed by atoms with van der Waals surface area (Å²) in [5.41, 5.74) is 1.10. The number of carbonyl (C=O) groups excluding carboxylic acids is 3. The molecule has 2 heterocycles. The zero-order chi connectivity index (χ0) is 29.9. The third kappa shape index (κ3) is 7.24. The number of fused-ring (bicyclic) bond motifs is 1. The van der Waals surface area contributed by atoms with Gasteiger partial charge in [0.05, 0.1) is 5.52 Å². The summed E-state index contributed by atoms with van der Waals surface area (Å²) < 4.78 is 5.43. The van der Waals surface area contributed by atoms with Gasteiger partial charge in [0.2, 0.25) is 11.8 Å². The molecule has 1 aromatic heterocycles. The molecule has 5 rings (SSSR count). The minimum Gasteiger partial charge on any atom is -0.444 e. The van der Waals surface area contributed by atoms with Crippen LogP contribution in [0.5, 0.6) is 0 Å². The lowest BCUT2D eigenvalue weighted by Gasteiger charge is -2.37. The second-order valence-corrected chi connectivity index (χ2v) is 13.8. The SMILES string of the molecule is CC(NC(=O)OC(C)(C)C)C1CCC(C(=O)N2CC[C@H](C3CCCCC3)[C@H]2C(=O)Nc2ccc3ncccc3c2)CC1. The summed E-state index contributed by atoms with van der Waals surface area (Å²) in [5.74, 6) is 0.971. The van der Waals surface area contributed by atoms with E-state index in [2.05, 4.69) is 15.6 Å². The topological polar surface area (TPSA) is 101 Å². The number of aromatic nitrogens is 1. The molecule has 1 aliphatic heterocycles. The van der Waals surface area contributed by atoms with E-state index >= 15 is 0 Å². The zero-order valence-electron chi connectivity index (χ0n) is 25.7. The molecule has 42 heavy (non-hydrogen) atoms. The Hall–Kier alpha value is -3.16. The Morgan fingerprint density at radius 2 is 1.71 bits per heavy atom. The highest BCUT2D eigenvalue weighted by Crippen LogP contribution is 2.41. The predicted octanol–water partition coefficient (Wildman–Crippen LogP) is 6.69. The first kappa shape index (κ1) is 30.3. The Balaban J connectivity index is 1.25. The van der Waals surface area contributed by atoms with Crippen LogP contribution in [0.4, 0.5) is 10.5 Å². The first-order chi connectivity index (χ1) is 20.1. The summed E-state index contributed by atoms with van der Waals surface area (Å²) in [4.78, 5) is 46.6. The maximum absolute atomic E-state index is 14.0. The molecule has 2 N–H and O–H groups in total. The van der Waals surface area contributed by atoms with Crippen molar-refractivity contribution in [3.8, 4) is 0 Å². The van der Waals surface area contributed by atoms with E-state index in [9.17, 15) is 14.4 Å². The minimum atomic E-state index is -0.534. The first-order valence-corrected chi connectivity index (χ1v) is 16.0. The second kappa shape index (κ2) is 13.0. The van der Waals surface area contributed by atoms with Crippen LogP contribution in [-0.2, 0) is 14.3 Å². The fourth-order valence-corrected chi connectivity index (χ4v) is 7.54. The van der Waals surface area contributed by atoms with E-state index in [1.54, 1.807) is 6.20 Å². The van der Waals surface area contributed by atoms with Crippen LogP contribution < -0.4 is 10.6 Å². The summed E-state index contributed by atoms with van der Waals surface area (Å²) in [7, 11) is 0. The molecule has 3 amide bonds. The molecule has 3 fully saturated rings. The maximum Gasteiger partial charge on any atom is 0.407 e. The quantitative estimate of drug-likeness (QED) is 0.399. The van der Waals surface area contributed by atoms with Gasteiger partial charge in [0, 0.05) is 35.8 Å². The monoisotopic (exact) mass is 576 g/mol. The van der Waals surface area contributed by atoms with Gasteiger partial charge in [-0.3, -0.25) is 14.6 Å². The molecule has 228 valence electrons. The van der Waals surface area contributed by atoms with Crippen LogP contribution in [0.2, 0.25) is 0 Å². The van der Waals surface area contributed by atoms with Crippen molar-refractivity contribution in [3.63, 3.8) is 0 Å². The fourth-order valence-electron chi connectivity index (χ4n) is 7.54. The fraction of sp³-hybridized carbons (Fsp3) is 0.647. The highest BCUT2D eigenvalue weighted by molar-refractivity contribution is 5.99. The average molecular weight is 577 g/mol. The lowest BCUT2D eigenvalue weighted by molar-refractivity contribution is -0.142. The number of pyridine rings is 1. The number of hydrogen-bond acceptors (Lipinski definition) is 5. The van der Waals surface area contributed by atoms with E-state index in [1.807, 2.05) is 62.9 Å². The normalized spacial score (nSPS) is 26.0. The van der Waals surface area contributed by atoms with Crippen LogP contribution in [0.1, 0.15) is 91.9 Å². The van der Waals surface area contributed by atoms with Gasteiger partial charge in [0.15, 0.2) is 0 Å². The molecule has 1 aromatic carbocycles. The Kier molecular flexibility index (Phi) is 9.38. The maximum atomic E-state index is 14.0. The van der Waals surface area contributed by atoms with E-state index < -0.39 is 17.7 Å². The number of hydrogen-bond donors (Lipinski definition) is 2. The van der Waals surface area contributed by atoms with E-state index in [0.717, 1.165) is 61.5 Å². The summed E-state index contributed by atoms with van der Waals surface area (Å²) in [6.07, 6.45) is 11.5. The number of ether oxygens (including phenoxy) is 1. The smallest absolute Gasteiger partial charge is 0.407 e. The molecule has 0 radical (unpaired) electrons. The van der Waals surface area contributed by atoms with Gasteiger partial charge < -0.3 is 20.3 Å². The molecule has 2 saturated carbocycles. The summed E-state index contributed by atoms with van der Waals surface area (Å²) in [6.45, 7) is 8.25. The molecule has 8 heteroatoms. The van der Waals surface area contributed by atoms with Crippen molar-refractivity contribution >= 4 is 34.5 Å². The van der Waals surface area contributed by atoms with Gasteiger partial charge in [-0.15, -0.1) is 0 Å². The Morgan fingerprint density at radius 1 is 0.976 bits per heavy atom. The van der Waals surface area contributed by atoms with Crippen molar-refractivity contribution in [2.75, 3.05) is 11.9 Å². The van der Waals surface area contributed by atoms with Gasteiger partial charge in [0.1, 0.15) is 11.6 Å². The Bertz CT molecular complexity index is 1260. The number of benzene rings is 1. The number of amides is 3. The molecule has 0 spiro atoms. The molecule has 2 aliphatic carbocycles. The summed E-state index contributed by atoms with van der Waals surface area (Å²) in [5, 5.41) is 7.14. The highest BCUT2D eigenvalue weighted by atomic mass is 16.6. The molecule has 1 unspecified atom stereocenters. The standard InChI is InChI=1S/C34H48N4O4/c1-22(36-33(41)42-34(2,3)4)23-12-14-25(15-13-23)32(40)38-20-18-28(24-9-6-5-7-10-24)30(38)31(39)37-27-16-17-29-26(21-27)11-8-19-35-29/h8,11,16-17,19,21-25,28,30H,5-7,9-10,12-15,18,20H2,1-4H3,(H,36,41)(H,37,39)/t22?,23?,25?,28-,30+/m1/s1. The Labute approximate surface area is 250 Å². The number of nitrogens with zero attached hydrogens (tertiary/aromatic N) is 2. The molecular formula is C34H48N4O4. The van der Waals surface area contributed by atoms with Crippen LogP contribution >= 0.6 is 0 Å². The van der Waals surface area contributed by atoms with Gasteiger partial charge in [-0.2, -0.15) is 0 Å². The zero-order valence-corrected chi connectivity index (χ0v) is 25.7. The molecule has 8 nitrogen and oxygen atoms in total. The third-order valence-electron chi connectivity index (χ3n) is 9.69. The van der Waals surface area contributed by atoms with Crippen LogP contribution in [0.3, 0.4) is 0 Å². The molecule has 3 aliphatic rings. The second-order valence-electron chi connectivity index (χ2n) is 13.8. The van der Waals surface area contributed by atoms with Gasteiger partial charge in [-0.1, -0.05) is 38.2 Å². The average Bonchev–Trinajstić information content (AvgIpc) is 3.42. The minimum absolute atomic E-state index is 0.0194. The summed E-state index contributed by atoms with van der Waals surface area (Å²) >= 11 is 0. The van der Waals surface area contributed by atoms with E-state index in [-0.39, 0.29) is 29.7 Å². The van der Waals surface area contributed by atoms with Crippen molar-refractivity contribution in [2.24, 2.45) is 23.7 Å². The van der Waals surface area contributed by atoms with Crippen molar-refractivity contribution in [2.45, 2.75) is 110 Å². The van der Waals surface area contributed by atoms with Crippen molar-refractivity contribution < 1.29 is 19.1 Å². The molecule has 3 atom stereocenters. The molecule has 0 bridgehead atoms. The predicted molar refractivity (Wildman–Crippen MR) is 165 cm³/mol. The lowest BCUT2D eigenvalue weighted by atomic mass is 9.76. The largest absolute Gasteiger partial charge is 0.444 e. The lowest BCUT2D eigenvalue weighted by Crippen LogP contribution is -2.50. The number of rotatable bonds is 6. The van der Waals surface area contributed by atoms with E-state index in [1.165, 1.54) is 19.3 Å². The van der Waals surface area contributed by atoms with Crippen molar-refractivity contribution in [1.82, 2.24) is 15.2 Å². The van der Waals surface area contributed by atoms with Crippen LogP contribution in [0, 0.1) is 23.7 Å². The molecular weight excluding hydrogens is 528 g/mol. The van der Waals surface area contributed by atoms with Gasteiger partial charge in [-0.25, -0.2) is 4.79 Å². The van der Waals surface area contributed by atoms with Crippen LogP contribution in [-0.4, -0.2) is 52.0 Å².